The van der Waals surface area contributed by atoms with Gasteiger partial charge in [-0.3, -0.25) is 0 Å². The lowest BCUT2D eigenvalue weighted by Gasteiger charge is -2.09. The number of nitrogens with one attached hydrogen (secondary N) is 1. The minimum absolute atomic E-state index is 0.980. The van der Waals surface area contributed by atoms with E-state index in [4.69, 9.17) is 0 Å². The van der Waals surface area contributed by atoms with E-state index < -0.39 is 0 Å². The Morgan fingerprint density at radius 2 is 2.21 bits per heavy atom. The molecule has 1 rings (SSSR count). The van der Waals surface area contributed by atoms with Crippen LogP contribution in [0.1, 0.15) is 12.0 Å². The molecule has 0 unspecified atom stereocenters. The van der Waals surface area contributed by atoms with E-state index in [-0.39, 0.29) is 0 Å². The van der Waals surface area contributed by atoms with Gasteiger partial charge in [0.15, 0.2) is 0 Å². The molecule has 0 fully saturated rings. The first-order valence-corrected chi connectivity index (χ1v) is 5.15. The summed E-state index contributed by atoms with van der Waals surface area (Å²) in [5.74, 6) is 0. The van der Waals surface area contributed by atoms with E-state index in [1.807, 2.05) is 0 Å². The third-order valence-corrected chi connectivity index (χ3v) is 2.18. The van der Waals surface area contributed by atoms with Crippen LogP contribution in [0.2, 0.25) is 0 Å². The topological polar surface area (TPSA) is 20.2 Å². The highest BCUT2D eigenvalue weighted by atomic mass is 15.1. The summed E-state index contributed by atoms with van der Waals surface area (Å²) in [6, 6.07) is 2.15. The zero-order valence-corrected chi connectivity index (χ0v) is 9.45. The molecule has 80 valence electrons. The van der Waals surface area contributed by atoms with Crippen molar-refractivity contribution in [1.82, 2.24) is 14.8 Å². The Morgan fingerprint density at radius 1 is 1.43 bits per heavy atom. The van der Waals surface area contributed by atoms with E-state index >= 15 is 0 Å². The Hall–Kier alpha value is -0.800. The largest absolute Gasteiger partial charge is 0.357 e. The summed E-state index contributed by atoms with van der Waals surface area (Å²) in [4.78, 5) is 2.21. The van der Waals surface area contributed by atoms with Crippen molar-refractivity contribution in [3.05, 3.63) is 24.0 Å². The van der Waals surface area contributed by atoms with Gasteiger partial charge in [0.25, 0.3) is 0 Å². The smallest absolute Gasteiger partial charge is 0.0220 e. The summed E-state index contributed by atoms with van der Waals surface area (Å²) in [7, 11) is 6.27. The molecule has 0 aliphatic rings. The quantitative estimate of drug-likeness (QED) is 0.685. The molecule has 1 aromatic rings. The molecule has 0 aliphatic heterocycles. The van der Waals surface area contributed by atoms with Crippen molar-refractivity contribution in [2.24, 2.45) is 7.05 Å². The summed E-state index contributed by atoms with van der Waals surface area (Å²) in [5.41, 5.74) is 1.36. The molecule has 1 heterocycles. The highest BCUT2D eigenvalue weighted by molar-refractivity contribution is 5.09. The van der Waals surface area contributed by atoms with Gasteiger partial charge >= 0.3 is 0 Å². The SMILES string of the molecule is CN(C)CCCNCc1ccn(C)c1. The molecule has 0 spiro atoms. The Labute approximate surface area is 86.7 Å². The maximum atomic E-state index is 3.43. The molecule has 0 aliphatic carbocycles. The minimum atomic E-state index is 0.980. The minimum Gasteiger partial charge on any atom is -0.357 e. The average Bonchev–Trinajstić information content (AvgIpc) is 2.50. The van der Waals surface area contributed by atoms with Crippen LogP contribution < -0.4 is 5.32 Å². The molecule has 0 atom stereocenters. The summed E-state index contributed by atoms with van der Waals surface area (Å²) in [6.07, 6.45) is 5.44. The van der Waals surface area contributed by atoms with E-state index in [0.717, 1.165) is 19.6 Å². The summed E-state index contributed by atoms with van der Waals surface area (Å²) in [6.45, 7) is 3.23. The molecule has 0 saturated heterocycles. The van der Waals surface area contributed by atoms with Gasteiger partial charge in [-0.1, -0.05) is 0 Å². The number of hydrogen-bond acceptors (Lipinski definition) is 2. The first kappa shape index (κ1) is 11.3. The summed E-state index contributed by atoms with van der Waals surface area (Å²) >= 11 is 0. The molecule has 3 heteroatoms. The second-order valence-corrected chi connectivity index (χ2v) is 4.02. The van der Waals surface area contributed by atoms with Crippen molar-refractivity contribution in [3.8, 4) is 0 Å². The second kappa shape index (κ2) is 5.83. The van der Waals surface area contributed by atoms with E-state index in [1.54, 1.807) is 0 Å². The van der Waals surface area contributed by atoms with Gasteiger partial charge in [0.1, 0.15) is 0 Å². The zero-order valence-electron chi connectivity index (χ0n) is 9.45. The number of nitrogens with zero attached hydrogens (tertiary/aromatic N) is 2. The fourth-order valence-electron chi connectivity index (χ4n) is 1.42. The van der Waals surface area contributed by atoms with Crippen LogP contribution in [0, 0.1) is 0 Å². The fourth-order valence-corrected chi connectivity index (χ4v) is 1.42. The van der Waals surface area contributed by atoms with Crippen molar-refractivity contribution in [3.63, 3.8) is 0 Å². The van der Waals surface area contributed by atoms with Crippen molar-refractivity contribution in [2.45, 2.75) is 13.0 Å². The van der Waals surface area contributed by atoms with Crippen LogP contribution in [0.15, 0.2) is 18.5 Å². The van der Waals surface area contributed by atoms with Crippen LogP contribution in [0.4, 0.5) is 0 Å². The van der Waals surface area contributed by atoms with Crippen LogP contribution >= 0.6 is 0 Å². The Kier molecular flexibility index (Phi) is 4.70. The maximum Gasteiger partial charge on any atom is 0.0220 e. The highest BCUT2D eigenvalue weighted by Gasteiger charge is 1.94. The molecular formula is C11H21N3. The summed E-state index contributed by atoms with van der Waals surface area (Å²) in [5, 5.41) is 3.43. The predicted molar refractivity (Wildman–Crippen MR) is 60.3 cm³/mol. The standard InChI is InChI=1S/C11H21N3/c1-13(2)7-4-6-12-9-11-5-8-14(3)10-11/h5,8,10,12H,4,6-7,9H2,1-3H3. The molecule has 0 radical (unpaired) electrons. The van der Waals surface area contributed by atoms with Gasteiger partial charge in [0, 0.05) is 26.0 Å². The number of rotatable bonds is 6. The average molecular weight is 195 g/mol. The van der Waals surface area contributed by atoms with Crippen molar-refractivity contribution in [2.75, 3.05) is 27.2 Å². The Morgan fingerprint density at radius 3 is 2.79 bits per heavy atom. The van der Waals surface area contributed by atoms with Crippen LogP contribution in [-0.2, 0) is 13.6 Å². The molecular weight excluding hydrogens is 174 g/mol. The third kappa shape index (κ3) is 4.44. The third-order valence-electron chi connectivity index (χ3n) is 2.18. The second-order valence-electron chi connectivity index (χ2n) is 4.02. The first-order valence-electron chi connectivity index (χ1n) is 5.15. The van der Waals surface area contributed by atoms with E-state index in [0.29, 0.717) is 0 Å². The molecule has 0 bridgehead atoms. The monoisotopic (exact) mass is 195 g/mol. The molecule has 0 saturated carbocycles. The van der Waals surface area contributed by atoms with Gasteiger partial charge in [0.05, 0.1) is 0 Å². The maximum absolute atomic E-state index is 3.43. The highest BCUT2D eigenvalue weighted by Crippen LogP contribution is 1.98. The van der Waals surface area contributed by atoms with Gasteiger partial charge in [-0.2, -0.15) is 0 Å². The van der Waals surface area contributed by atoms with Gasteiger partial charge in [-0.25, -0.2) is 0 Å². The Bertz CT molecular complexity index is 253. The van der Waals surface area contributed by atoms with E-state index in [2.05, 4.69) is 54.4 Å². The number of aryl methyl sites for hydroxylation is 1. The lowest BCUT2D eigenvalue weighted by molar-refractivity contribution is 0.394. The van der Waals surface area contributed by atoms with E-state index in [1.165, 1.54) is 12.0 Å². The zero-order chi connectivity index (χ0) is 10.4. The van der Waals surface area contributed by atoms with Crippen molar-refractivity contribution < 1.29 is 0 Å². The fraction of sp³-hybridized carbons (Fsp3) is 0.636. The Balaban J connectivity index is 2.04. The van der Waals surface area contributed by atoms with Crippen LogP contribution in [0.25, 0.3) is 0 Å². The van der Waals surface area contributed by atoms with Crippen LogP contribution in [-0.4, -0.2) is 36.7 Å². The summed E-state index contributed by atoms with van der Waals surface area (Å²) < 4.78 is 2.08. The molecule has 14 heavy (non-hydrogen) atoms. The lowest BCUT2D eigenvalue weighted by atomic mass is 10.3. The van der Waals surface area contributed by atoms with Gasteiger partial charge in [0.2, 0.25) is 0 Å². The lowest BCUT2D eigenvalue weighted by Crippen LogP contribution is -2.20. The van der Waals surface area contributed by atoms with E-state index in [9.17, 15) is 0 Å². The van der Waals surface area contributed by atoms with Crippen molar-refractivity contribution in [1.29, 1.82) is 0 Å². The molecule has 0 aromatic carbocycles. The molecule has 1 aromatic heterocycles. The number of hydrogen-bond donors (Lipinski definition) is 1. The first-order chi connectivity index (χ1) is 6.68. The predicted octanol–water partition coefficient (Wildman–Crippen LogP) is 1.07. The van der Waals surface area contributed by atoms with Crippen molar-refractivity contribution >= 4 is 0 Å². The van der Waals surface area contributed by atoms with Crippen LogP contribution in [0.5, 0.6) is 0 Å². The molecule has 3 nitrogen and oxygen atoms in total. The van der Waals surface area contributed by atoms with Crippen LogP contribution in [0.3, 0.4) is 0 Å². The van der Waals surface area contributed by atoms with Gasteiger partial charge < -0.3 is 14.8 Å². The molecule has 1 N–H and O–H groups in total. The van der Waals surface area contributed by atoms with Gasteiger partial charge in [-0.15, -0.1) is 0 Å². The number of aromatic nitrogens is 1. The normalized spacial score (nSPS) is 11.1. The van der Waals surface area contributed by atoms with Gasteiger partial charge in [-0.05, 0) is 45.2 Å². The molecule has 0 amide bonds.